The third-order valence-corrected chi connectivity index (χ3v) is 14.3. The second kappa shape index (κ2) is 18.7. The summed E-state index contributed by atoms with van der Waals surface area (Å²) < 4.78 is 10.6. The first kappa shape index (κ1) is 44.0. The van der Waals surface area contributed by atoms with E-state index in [-0.39, 0.29) is 35.9 Å². The maximum atomic E-state index is 15.2. The molecule has 4 unspecified atom stereocenters. The average Bonchev–Trinajstić information content (AvgIpc) is 4.17. The van der Waals surface area contributed by atoms with Gasteiger partial charge in [-0.05, 0) is 109 Å². The van der Waals surface area contributed by atoms with Crippen LogP contribution in [0.5, 0.6) is 5.75 Å². The van der Waals surface area contributed by atoms with E-state index in [2.05, 4.69) is 93.5 Å². The van der Waals surface area contributed by atoms with Crippen LogP contribution in [-0.2, 0) is 14.3 Å². The molecule has 4 aromatic carbocycles. The molecule has 340 valence electrons. The van der Waals surface area contributed by atoms with Crippen LogP contribution in [0.2, 0.25) is 0 Å². The smallest absolute Gasteiger partial charge is 0.407 e. The zero-order chi connectivity index (χ0) is 45.4. The van der Waals surface area contributed by atoms with Crippen molar-refractivity contribution in [2.24, 2.45) is 11.8 Å². The van der Waals surface area contributed by atoms with Gasteiger partial charge in [-0.3, -0.25) is 14.5 Å². The summed E-state index contributed by atoms with van der Waals surface area (Å²) in [6, 6.07) is 26.0. The highest BCUT2D eigenvalue weighted by molar-refractivity contribution is 5.92. The Kier molecular flexibility index (Phi) is 12.7. The second-order valence-corrected chi connectivity index (χ2v) is 18.3. The quantitative estimate of drug-likeness (QED) is 0.104. The van der Waals surface area contributed by atoms with Crippen molar-refractivity contribution >= 4 is 39.7 Å². The molecule has 2 aliphatic heterocycles. The van der Waals surface area contributed by atoms with Gasteiger partial charge in [0.25, 0.3) is 0 Å². The van der Waals surface area contributed by atoms with Crippen molar-refractivity contribution in [2.75, 3.05) is 33.9 Å². The number of carbonyl (C=O) groups excluding carboxylic acids is 3. The lowest BCUT2D eigenvalue weighted by molar-refractivity contribution is -0.141. The minimum Gasteiger partial charge on any atom is -0.496 e. The van der Waals surface area contributed by atoms with Crippen molar-refractivity contribution < 1.29 is 23.9 Å². The number of alkyl carbamates (subject to hydrolysis) is 1. The van der Waals surface area contributed by atoms with E-state index >= 15 is 4.79 Å². The topological polar surface area (TPSA) is 149 Å². The summed E-state index contributed by atoms with van der Waals surface area (Å²) in [6.45, 7) is 10.2. The summed E-state index contributed by atoms with van der Waals surface area (Å²) in [7, 11) is 2.98. The summed E-state index contributed by atoms with van der Waals surface area (Å²) in [5.74, 6) is 2.67. The highest BCUT2D eigenvalue weighted by Gasteiger charge is 2.49. The summed E-state index contributed by atoms with van der Waals surface area (Å²) in [4.78, 5) is 64.4. The lowest BCUT2D eigenvalue weighted by Crippen LogP contribution is -2.51. The van der Waals surface area contributed by atoms with E-state index in [0.29, 0.717) is 12.5 Å². The monoisotopic (exact) mass is 878 g/mol. The number of methoxy groups -OCH3 is 2. The van der Waals surface area contributed by atoms with Crippen molar-refractivity contribution in [3.8, 4) is 28.1 Å². The number of para-hydroxylation sites is 1. The van der Waals surface area contributed by atoms with E-state index in [0.717, 1.165) is 119 Å². The Morgan fingerprint density at radius 3 is 2.29 bits per heavy atom. The number of fused-ring (bicyclic) bond motifs is 3. The summed E-state index contributed by atoms with van der Waals surface area (Å²) >= 11 is 0. The van der Waals surface area contributed by atoms with Crippen LogP contribution in [0.15, 0.2) is 85.1 Å². The van der Waals surface area contributed by atoms with Crippen LogP contribution in [0.1, 0.15) is 108 Å². The van der Waals surface area contributed by atoms with E-state index < -0.39 is 18.2 Å². The summed E-state index contributed by atoms with van der Waals surface area (Å²) in [6.07, 6.45) is 8.24. The molecule has 4 heterocycles. The molecular formula is C52H62N8O5. The van der Waals surface area contributed by atoms with Gasteiger partial charge in [-0.25, -0.2) is 14.8 Å². The maximum Gasteiger partial charge on any atom is 0.407 e. The van der Waals surface area contributed by atoms with Crippen LogP contribution < -0.4 is 10.1 Å². The molecule has 2 saturated heterocycles. The number of benzene rings is 4. The number of nitrogens with zero attached hydrogens (tertiary/aromatic N) is 5. The number of rotatable bonds is 13. The van der Waals surface area contributed by atoms with E-state index in [4.69, 9.17) is 19.4 Å². The molecule has 1 aliphatic carbocycles. The maximum absolute atomic E-state index is 15.2. The number of nitrogens with one attached hydrogen (secondary N) is 3. The lowest BCUT2D eigenvalue weighted by Gasteiger charge is -2.39. The van der Waals surface area contributed by atoms with Gasteiger partial charge in [0, 0.05) is 23.7 Å². The molecule has 3 amide bonds. The van der Waals surface area contributed by atoms with E-state index in [9.17, 15) is 9.59 Å². The Bertz CT molecular complexity index is 2690. The first-order valence-electron chi connectivity index (χ1n) is 23.5. The van der Waals surface area contributed by atoms with Crippen LogP contribution in [0.4, 0.5) is 4.79 Å². The molecule has 6 atom stereocenters. The molecule has 3 aliphatic rings. The van der Waals surface area contributed by atoms with Gasteiger partial charge in [0.2, 0.25) is 11.8 Å². The number of likely N-dealkylation sites (tertiary alicyclic amines) is 2. The van der Waals surface area contributed by atoms with Crippen LogP contribution in [0.25, 0.3) is 44.2 Å². The Balaban J connectivity index is 0.957. The summed E-state index contributed by atoms with van der Waals surface area (Å²) in [5.41, 5.74) is 6.82. The number of carbonyl (C=O) groups is 3. The Hall–Kier alpha value is -6.21. The highest BCUT2D eigenvalue weighted by atomic mass is 16.5. The van der Waals surface area contributed by atoms with Gasteiger partial charge in [0.1, 0.15) is 29.5 Å². The zero-order valence-corrected chi connectivity index (χ0v) is 38.5. The third kappa shape index (κ3) is 8.46. The zero-order valence-electron chi connectivity index (χ0n) is 38.5. The molecule has 3 N–H and O–H groups in total. The average molecular weight is 879 g/mol. The first-order valence-corrected chi connectivity index (χ1v) is 23.5. The molecule has 6 aromatic rings. The number of amides is 3. The highest BCUT2D eigenvalue weighted by Crippen LogP contribution is 2.48. The predicted molar refractivity (Wildman–Crippen MR) is 253 cm³/mol. The van der Waals surface area contributed by atoms with E-state index in [1.165, 1.54) is 13.5 Å². The minimum absolute atomic E-state index is 0.104. The molecule has 13 nitrogen and oxygen atoms in total. The van der Waals surface area contributed by atoms with Crippen LogP contribution in [0.3, 0.4) is 0 Å². The number of H-pyrrole nitrogens is 2. The molecule has 0 spiro atoms. The minimum atomic E-state index is -0.687. The van der Waals surface area contributed by atoms with Gasteiger partial charge in [0.05, 0.1) is 49.2 Å². The molecule has 3 fully saturated rings. The largest absolute Gasteiger partial charge is 0.496 e. The van der Waals surface area contributed by atoms with Gasteiger partial charge >= 0.3 is 6.09 Å². The first-order chi connectivity index (χ1) is 31.6. The van der Waals surface area contributed by atoms with E-state index in [1.807, 2.05) is 49.2 Å². The van der Waals surface area contributed by atoms with Crippen LogP contribution in [-0.4, -0.2) is 98.5 Å². The molecule has 65 heavy (non-hydrogen) atoms. The Morgan fingerprint density at radius 2 is 1.54 bits per heavy atom. The van der Waals surface area contributed by atoms with Gasteiger partial charge in [-0.1, -0.05) is 89.1 Å². The molecule has 2 aromatic heterocycles. The fourth-order valence-corrected chi connectivity index (χ4v) is 10.9. The molecular weight excluding hydrogens is 817 g/mol. The van der Waals surface area contributed by atoms with Gasteiger partial charge < -0.3 is 34.6 Å². The predicted octanol–water partition coefficient (Wildman–Crippen LogP) is 9.74. The Morgan fingerprint density at radius 1 is 0.815 bits per heavy atom. The molecule has 1 saturated carbocycles. The number of aromatic nitrogens is 4. The Labute approximate surface area is 381 Å². The van der Waals surface area contributed by atoms with Crippen LogP contribution >= 0.6 is 0 Å². The summed E-state index contributed by atoms with van der Waals surface area (Å²) in [5, 5.41) is 4.93. The standard InChI is InChI=1S/C52H62N8O5/c1-7-58(8-2)47(38-15-10-12-18-45(38)64-5)51(62)60-42-16-11-9-14-37(42)29-44(60)49-54-39-24-23-35(28-40(39)55-49)33-19-20-34-27-36(22-21-32(34)26-33)41-30-53-48(56-41)43-17-13-25-59(43)50(61)46(31(3)4)57-52(63)65-6/h10,12,15,18-24,26-28,30-31,37,42-44,46-47H,7-9,11,13-14,16-17,25,29H2,1-6H3,(H,53,56)(H,54,55)(H,57,63)/t37?,42?,43?,44-,46-,47?/m0/s1. The van der Waals surface area contributed by atoms with Crippen LogP contribution in [0, 0.1) is 11.8 Å². The molecule has 9 rings (SSSR count). The number of likely N-dealkylation sites (N-methyl/N-ethyl adjacent to an activating group) is 1. The number of ether oxygens (including phenoxy) is 2. The van der Waals surface area contributed by atoms with Gasteiger partial charge in [0.15, 0.2) is 0 Å². The lowest BCUT2D eigenvalue weighted by atomic mass is 9.84. The molecule has 0 radical (unpaired) electrons. The number of hydrogen-bond acceptors (Lipinski definition) is 8. The number of imidazole rings is 2. The molecule has 0 bridgehead atoms. The van der Waals surface area contributed by atoms with Gasteiger partial charge in [-0.2, -0.15) is 0 Å². The van der Waals surface area contributed by atoms with Crippen molar-refractivity contribution in [3.63, 3.8) is 0 Å². The van der Waals surface area contributed by atoms with Crippen molar-refractivity contribution in [1.82, 2.24) is 40.0 Å². The number of aromatic amines is 2. The fourth-order valence-electron chi connectivity index (χ4n) is 10.9. The number of hydrogen-bond donors (Lipinski definition) is 3. The normalized spacial score (nSPS) is 20.7. The van der Waals surface area contributed by atoms with E-state index in [1.54, 1.807) is 7.11 Å². The SMILES string of the molecule is CCN(CC)C(C(=O)N1C2CCCCC2C[C@H]1c1nc2ccc(-c3ccc4cc(-c5cnc(C6CCCN6C(=O)[C@@H](NC(=O)OC)C(C)C)[nH]5)ccc4c3)cc2[nH]1)c1ccccc1OC. The van der Waals surface area contributed by atoms with Gasteiger partial charge in [-0.15, -0.1) is 0 Å². The second-order valence-electron chi connectivity index (χ2n) is 18.3. The molecule has 13 heteroatoms. The van der Waals surface area contributed by atoms with Crippen molar-refractivity contribution in [1.29, 1.82) is 0 Å². The third-order valence-electron chi connectivity index (χ3n) is 14.3. The van der Waals surface area contributed by atoms with Crippen molar-refractivity contribution in [2.45, 2.75) is 103 Å². The van der Waals surface area contributed by atoms with Crippen molar-refractivity contribution in [3.05, 3.63) is 102 Å². The fraction of sp³-hybridized carbons (Fsp3) is 0.442.